The molecule has 1 rings (SSSR count). The molecule has 0 bridgehead atoms. The lowest BCUT2D eigenvalue weighted by Crippen LogP contribution is -2.47. The van der Waals surface area contributed by atoms with Crippen LogP contribution in [0.2, 0.25) is 0 Å². The predicted molar refractivity (Wildman–Crippen MR) is 93.7 cm³/mol. The van der Waals surface area contributed by atoms with Crippen LogP contribution in [0, 0.1) is 12.8 Å². The van der Waals surface area contributed by atoms with E-state index in [9.17, 15) is 0 Å². The van der Waals surface area contributed by atoms with E-state index >= 15 is 0 Å². The summed E-state index contributed by atoms with van der Waals surface area (Å²) in [6, 6.07) is 10.4. The summed E-state index contributed by atoms with van der Waals surface area (Å²) < 4.78 is 0. The lowest BCUT2D eigenvalue weighted by Gasteiger charge is -2.39. The molecule has 0 aliphatic carbocycles. The molecule has 1 aromatic carbocycles. The Bertz CT molecular complexity index is 395. The van der Waals surface area contributed by atoms with Crippen molar-refractivity contribution < 1.29 is 0 Å². The topological polar surface area (TPSA) is 15.3 Å². The molecule has 0 saturated carbocycles. The van der Waals surface area contributed by atoms with E-state index in [2.05, 4.69) is 82.9 Å². The molecule has 0 heterocycles. The third-order valence-corrected chi connectivity index (χ3v) is 4.11. The van der Waals surface area contributed by atoms with Crippen molar-refractivity contribution in [1.29, 1.82) is 0 Å². The molecule has 1 aromatic rings. The van der Waals surface area contributed by atoms with Crippen molar-refractivity contribution in [2.45, 2.75) is 66.6 Å². The molecule has 0 aromatic heterocycles. The van der Waals surface area contributed by atoms with Crippen LogP contribution in [0.5, 0.6) is 0 Å². The van der Waals surface area contributed by atoms with E-state index in [-0.39, 0.29) is 0 Å². The number of rotatable bonds is 8. The second kappa shape index (κ2) is 8.55. The molecular formula is C19H34N2. The third-order valence-electron chi connectivity index (χ3n) is 4.11. The first-order chi connectivity index (χ1) is 9.86. The first-order valence-corrected chi connectivity index (χ1v) is 8.42. The fraction of sp³-hybridized carbons (Fsp3) is 0.684. The first kappa shape index (κ1) is 18.2. The molecule has 0 amide bonds. The van der Waals surface area contributed by atoms with Gasteiger partial charge in [0.25, 0.3) is 0 Å². The maximum absolute atomic E-state index is 3.69. The van der Waals surface area contributed by atoms with E-state index in [0.29, 0.717) is 24.0 Å². The Labute approximate surface area is 131 Å². The summed E-state index contributed by atoms with van der Waals surface area (Å²) in [6.45, 7) is 18.0. The van der Waals surface area contributed by atoms with Gasteiger partial charge in [-0.1, -0.05) is 50.6 Å². The highest BCUT2D eigenvalue weighted by Gasteiger charge is 2.26. The average Bonchev–Trinajstić information content (AvgIpc) is 2.42. The normalized spacial score (nSPS) is 15.0. The van der Waals surface area contributed by atoms with Crippen LogP contribution >= 0.6 is 0 Å². The SMILES string of the molecule is CCNC(c1ccc(C)cc1)C(C)N(CC(C)C)C(C)C. The zero-order valence-electron chi connectivity index (χ0n) is 15.0. The zero-order chi connectivity index (χ0) is 16.0. The van der Waals surface area contributed by atoms with Gasteiger partial charge in [-0.05, 0) is 45.7 Å². The maximum atomic E-state index is 3.69. The van der Waals surface area contributed by atoms with Crippen molar-refractivity contribution >= 4 is 0 Å². The lowest BCUT2D eigenvalue weighted by atomic mass is 9.96. The minimum Gasteiger partial charge on any atom is -0.309 e. The zero-order valence-corrected chi connectivity index (χ0v) is 15.0. The minimum absolute atomic E-state index is 0.386. The molecule has 1 N–H and O–H groups in total. The summed E-state index contributed by atoms with van der Waals surface area (Å²) in [4.78, 5) is 2.62. The summed E-state index contributed by atoms with van der Waals surface area (Å²) >= 11 is 0. The van der Waals surface area contributed by atoms with Crippen molar-refractivity contribution in [3.05, 3.63) is 35.4 Å². The number of likely N-dealkylation sites (N-methyl/N-ethyl adjacent to an activating group) is 1. The molecule has 0 radical (unpaired) electrons. The quantitative estimate of drug-likeness (QED) is 0.763. The van der Waals surface area contributed by atoms with Gasteiger partial charge in [0.05, 0.1) is 0 Å². The second-order valence-corrected chi connectivity index (χ2v) is 6.87. The van der Waals surface area contributed by atoms with Crippen molar-refractivity contribution in [3.8, 4) is 0 Å². The van der Waals surface area contributed by atoms with Gasteiger partial charge in [0.2, 0.25) is 0 Å². The smallest absolute Gasteiger partial charge is 0.0475 e. The number of aryl methyl sites for hydroxylation is 1. The second-order valence-electron chi connectivity index (χ2n) is 6.87. The maximum Gasteiger partial charge on any atom is 0.0475 e. The summed E-state index contributed by atoms with van der Waals surface area (Å²) in [5.74, 6) is 0.690. The van der Waals surface area contributed by atoms with Gasteiger partial charge in [-0.25, -0.2) is 0 Å². The fourth-order valence-electron chi connectivity index (χ4n) is 3.02. The molecule has 0 aliphatic heterocycles. The summed E-state index contributed by atoms with van der Waals surface area (Å²) in [5, 5.41) is 3.69. The van der Waals surface area contributed by atoms with Gasteiger partial charge < -0.3 is 5.32 Å². The molecule has 0 saturated heterocycles. The highest BCUT2D eigenvalue weighted by molar-refractivity contribution is 5.25. The average molecular weight is 290 g/mol. The van der Waals surface area contributed by atoms with E-state index in [1.807, 2.05) is 0 Å². The fourth-order valence-corrected chi connectivity index (χ4v) is 3.02. The van der Waals surface area contributed by atoms with E-state index in [4.69, 9.17) is 0 Å². The Morgan fingerprint density at radius 1 is 1.00 bits per heavy atom. The molecular weight excluding hydrogens is 256 g/mol. The summed E-state index contributed by atoms with van der Waals surface area (Å²) in [6.07, 6.45) is 0. The van der Waals surface area contributed by atoms with Gasteiger partial charge in [0.15, 0.2) is 0 Å². The first-order valence-electron chi connectivity index (χ1n) is 8.42. The third kappa shape index (κ3) is 5.44. The van der Waals surface area contributed by atoms with E-state index in [1.54, 1.807) is 0 Å². The Morgan fingerprint density at radius 2 is 1.57 bits per heavy atom. The van der Waals surface area contributed by atoms with Crippen LogP contribution in [0.1, 0.15) is 58.7 Å². The van der Waals surface area contributed by atoms with Crippen LogP contribution in [0.25, 0.3) is 0 Å². The molecule has 2 unspecified atom stereocenters. The minimum atomic E-state index is 0.386. The largest absolute Gasteiger partial charge is 0.309 e. The van der Waals surface area contributed by atoms with Gasteiger partial charge in [-0.3, -0.25) is 4.90 Å². The van der Waals surface area contributed by atoms with E-state index in [1.165, 1.54) is 11.1 Å². The molecule has 2 atom stereocenters. The Balaban J connectivity index is 2.98. The predicted octanol–water partition coefficient (Wildman–Crippen LogP) is 4.40. The van der Waals surface area contributed by atoms with Gasteiger partial charge in [-0.15, -0.1) is 0 Å². The molecule has 0 aliphatic rings. The summed E-state index contributed by atoms with van der Waals surface area (Å²) in [5.41, 5.74) is 2.72. The van der Waals surface area contributed by atoms with Gasteiger partial charge in [0.1, 0.15) is 0 Å². The number of nitrogens with zero attached hydrogens (tertiary/aromatic N) is 1. The van der Waals surface area contributed by atoms with Crippen LogP contribution in [0.3, 0.4) is 0 Å². The number of hydrogen-bond acceptors (Lipinski definition) is 2. The number of hydrogen-bond donors (Lipinski definition) is 1. The highest BCUT2D eigenvalue weighted by Crippen LogP contribution is 2.24. The van der Waals surface area contributed by atoms with Gasteiger partial charge >= 0.3 is 0 Å². The molecule has 21 heavy (non-hydrogen) atoms. The van der Waals surface area contributed by atoms with Crippen molar-refractivity contribution in [3.63, 3.8) is 0 Å². The van der Waals surface area contributed by atoms with Crippen LogP contribution in [-0.2, 0) is 0 Å². The molecule has 2 heteroatoms. The lowest BCUT2D eigenvalue weighted by molar-refractivity contribution is 0.116. The monoisotopic (exact) mass is 290 g/mol. The molecule has 2 nitrogen and oxygen atoms in total. The van der Waals surface area contributed by atoms with Crippen LogP contribution < -0.4 is 5.32 Å². The van der Waals surface area contributed by atoms with Crippen LogP contribution in [0.4, 0.5) is 0 Å². The summed E-state index contributed by atoms with van der Waals surface area (Å²) in [7, 11) is 0. The van der Waals surface area contributed by atoms with E-state index in [0.717, 1.165) is 13.1 Å². The van der Waals surface area contributed by atoms with Crippen molar-refractivity contribution in [1.82, 2.24) is 10.2 Å². The van der Waals surface area contributed by atoms with E-state index < -0.39 is 0 Å². The number of benzene rings is 1. The van der Waals surface area contributed by atoms with Crippen molar-refractivity contribution in [2.75, 3.05) is 13.1 Å². The van der Waals surface area contributed by atoms with Gasteiger partial charge in [0, 0.05) is 24.7 Å². The Hall–Kier alpha value is -0.860. The van der Waals surface area contributed by atoms with Crippen molar-refractivity contribution in [2.24, 2.45) is 5.92 Å². The standard InChI is InChI=1S/C19H34N2/c1-8-20-19(18-11-9-16(6)10-12-18)17(7)21(15(4)5)13-14(2)3/h9-12,14-15,17,19-20H,8,13H2,1-7H3. The van der Waals surface area contributed by atoms with Crippen LogP contribution in [0.15, 0.2) is 24.3 Å². The number of nitrogens with one attached hydrogen (secondary N) is 1. The van der Waals surface area contributed by atoms with Crippen LogP contribution in [-0.4, -0.2) is 30.1 Å². The molecule has 0 spiro atoms. The Kier molecular flexibility index (Phi) is 7.41. The molecule has 120 valence electrons. The van der Waals surface area contributed by atoms with Gasteiger partial charge in [-0.2, -0.15) is 0 Å². The highest BCUT2D eigenvalue weighted by atomic mass is 15.2. The molecule has 0 fully saturated rings. The Morgan fingerprint density at radius 3 is 2.00 bits per heavy atom.